The van der Waals surface area contributed by atoms with Crippen LogP contribution in [0.2, 0.25) is 0 Å². The molecule has 78 heavy (non-hydrogen) atoms. The average molecular weight is 1150 g/mol. The van der Waals surface area contributed by atoms with Crippen molar-refractivity contribution >= 4 is 11.9 Å². The number of aliphatic carboxylic acids is 2. The molecule has 0 aromatic rings. The van der Waals surface area contributed by atoms with Crippen molar-refractivity contribution in [3.63, 3.8) is 0 Å². The minimum atomic E-state index is -2.58. The van der Waals surface area contributed by atoms with E-state index in [-0.39, 0.29) is 0 Å². The molecule has 37 nitrogen and oxygen atoms in total. The third-order valence-electron chi connectivity index (χ3n) is 14.1. The van der Waals surface area contributed by atoms with Gasteiger partial charge in [0.2, 0.25) is 0 Å². The van der Waals surface area contributed by atoms with Crippen LogP contribution in [0.25, 0.3) is 0 Å². The summed E-state index contributed by atoms with van der Waals surface area (Å²) in [6.45, 7) is -5.34. The number of carboxylic acid groups (broad SMARTS) is 2. The zero-order chi connectivity index (χ0) is 57.5. The van der Waals surface area contributed by atoms with Gasteiger partial charge in [0.1, 0.15) is 153 Å². The molecule has 7 aliphatic rings. The standard InChI is InChI=1S/C41H66O37/c42-1-7-12(48)17(53)31(77-37-21(57)15(51)18(54)29(75-37)33(61)62)40(68-7)74-28-24(60)39(70-10(4-45)25(28)71-36-20(56)11(47)6(46)5-66-36)73-27-14(50)9(3-44)69-41(72-26-13(49)8(2-43)67-35(65)23(26)59)32(27)78-38-22(58)16(52)19(55)30(76-38)34(63)64/h6-32,35-60,65H,1-5H2,(H,61,62)(H,63,64)/t6-,7-,8-,9-,10-,11+,12-,13-,14-,15+,16+,17+,18+,19+,20-,21-,22-,23+,24+,25-,26+,27+,28-,29+,30+,31+,32+,35+,36+,37+,38+,39-,40-,41-/m1/s1. The van der Waals surface area contributed by atoms with E-state index in [2.05, 4.69) is 0 Å². The highest BCUT2D eigenvalue weighted by Crippen LogP contribution is 2.39. The highest BCUT2D eigenvalue weighted by Gasteiger charge is 2.60. The lowest BCUT2D eigenvalue weighted by atomic mass is 9.94. The number of hydrogen-bond donors (Lipinski definition) is 22. The SMILES string of the molecule is O=C(O)[C@H]1O[C@@H](O[C@@H]2[C@@H](O[C@@H]3[C@H](O)[C@@H](O[C@H]4[C@H](O)[C@@H](CO)O[C@H](O[C@@H]5[C@H](O)[C@@H](O)O[C@H](CO)[C@H]5O)[C@H]4O[C@@H]4O[C@H](C(=O)O)[C@@H](O)[C@H](O)[C@H]4O)O[C@H](CO)[C@H]3O[C@@H]3OC[C@@H](O)[C@H](O)[C@H]3O)O[C@H](CO)[C@@H](O)[C@@H]2O)[C@H](O)[C@@H](O)[C@@H]1O. The number of rotatable bonds is 18. The first kappa shape index (κ1) is 63.2. The third kappa shape index (κ3) is 12.7. The van der Waals surface area contributed by atoms with Crippen LogP contribution in [0, 0.1) is 0 Å². The fourth-order valence-corrected chi connectivity index (χ4v) is 9.62. The Balaban J connectivity index is 1.28. The maximum atomic E-state index is 12.4. The van der Waals surface area contributed by atoms with Gasteiger partial charge >= 0.3 is 11.9 Å². The second kappa shape index (κ2) is 26.5. The molecule has 7 heterocycles. The highest BCUT2D eigenvalue weighted by atomic mass is 16.8. The first-order chi connectivity index (χ1) is 36.8. The van der Waals surface area contributed by atoms with Gasteiger partial charge in [-0.05, 0) is 0 Å². The largest absolute Gasteiger partial charge is 0.479 e. The zero-order valence-electron chi connectivity index (χ0n) is 40.1. The molecule has 7 aliphatic heterocycles. The average Bonchev–Trinajstić information content (AvgIpc) is 3.47. The minimum Gasteiger partial charge on any atom is -0.479 e. The van der Waals surface area contributed by atoms with Gasteiger partial charge in [0, 0.05) is 0 Å². The van der Waals surface area contributed by atoms with Crippen molar-refractivity contribution in [1.82, 2.24) is 0 Å². The number of carboxylic acids is 2. The Bertz CT molecular complexity index is 1930. The Kier molecular flexibility index (Phi) is 21.4. The quantitative estimate of drug-likeness (QED) is 0.0606. The predicted octanol–water partition coefficient (Wildman–Crippen LogP) is -15.5. The molecule has 22 N–H and O–H groups in total. The fraction of sp³-hybridized carbons (Fsp3) is 0.951. The molecular formula is C41H66O37. The number of aliphatic hydroxyl groups is 20. The summed E-state index contributed by atoms with van der Waals surface area (Å²) in [6.07, 6.45) is -75.7. The van der Waals surface area contributed by atoms with Gasteiger partial charge in [-0.2, -0.15) is 0 Å². The summed E-state index contributed by atoms with van der Waals surface area (Å²) in [5, 5.41) is 235. The van der Waals surface area contributed by atoms with Crippen LogP contribution in [0.1, 0.15) is 0 Å². The van der Waals surface area contributed by atoms with E-state index in [0.29, 0.717) is 0 Å². The van der Waals surface area contributed by atoms with Crippen molar-refractivity contribution < 1.29 is 184 Å². The number of carbonyl (C=O) groups is 2. The van der Waals surface area contributed by atoms with Crippen LogP contribution in [-0.2, 0) is 71.2 Å². The molecular weight excluding hydrogens is 1080 g/mol. The molecule has 7 fully saturated rings. The van der Waals surface area contributed by atoms with E-state index < -0.39 is 254 Å². The van der Waals surface area contributed by atoms with E-state index >= 15 is 0 Å². The predicted molar refractivity (Wildman–Crippen MR) is 227 cm³/mol. The molecule has 34 atom stereocenters. The van der Waals surface area contributed by atoms with Crippen LogP contribution in [0.15, 0.2) is 0 Å². The van der Waals surface area contributed by atoms with E-state index in [4.69, 9.17) is 61.6 Å². The first-order valence-electron chi connectivity index (χ1n) is 24.1. The molecule has 0 radical (unpaired) electrons. The molecule has 0 saturated carbocycles. The van der Waals surface area contributed by atoms with Crippen LogP contribution in [0.5, 0.6) is 0 Å². The second-order valence-corrected chi connectivity index (χ2v) is 19.2. The van der Waals surface area contributed by atoms with Gasteiger partial charge in [0.05, 0.1) is 33.0 Å². The number of aliphatic hydroxyl groups excluding tert-OH is 20. The molecule has 0 unspecified atom stereocenters. The smallest absolute Gasteiger partial charge is 0.335 e. The lowest BCUT2D eigenvalue weighted by molar-refractivity contribution is -0.417. The molecule has 7 saturated heterocycles. The summed E-state index contributed by atoms with van der Waals surface area (Å²) in [7, 11) is 0. The van der Waals surface area contributed by atoms with Gasteiger partial charge in [-0.25, -0.2) is 9.59 Å². The molecule has 0 bridgehead atoms. The summed E-state index contributed by atoms with van der Waals surface area (Å²) in [4.78, 5) is 24.0. The highest BCUT2D eigenvalue weighted by molar-refractivity contribution is 5.73. The van der Waals surface area contributed by atoms with Gasteiger partial charge < -0.3 is 174 Å². The molecule has 452 valence electrons. The lowest BCUT2D eigenvalue weighted by Crippen LogP contribution is -2.70. The van der Waals surface area contributed by atoms with Crippen molar-refractivity contribution in [2.75, 3.05) is 33.0 Å². The van der Waals surface area contributed by atoms with Crippen molar-refractivity contribution in [3.8, 4) is 0 Å². The van der Waals surface area contributed by atoms with Gasteiger partial charge in [0.15, 0.2) is 56.2 Å². The lowest BCUT2D eigenvalue weighted by Gasteiger charge is -2.52. The Morgan fingerprint density at radius 1 is 0.321 bits per heavy atom. The molecule has 0 aromatic heterocycles. The number of ether oxygens (including phenoxy) is 13. The second-order valence-electron chi connectivity index (χ2n) is 19.2. The Labute approximate surface area is 437 Å². The van der Waals surface area contributed by atoms with E-state index in [1.54, 1.807) is 0 Å². The maximum Gasteiger partial charge on any atom is 0.335 e. The monoisotopic (exact) mass is 1150 g/mol. The Morgan fingerprint density at radius 3 is 1.23 bits per heavy atom. The summed E-state index contributed by atoms with van der Waals surface area (Å²) in [6, 6.07) is 0. The summed E-state index contributed by atoms with van der Waals surface area (Å²) < 4.78 is 73.5. The van der Waals surface area contributed by atoms with E-state index in [1.807, 2.05) is 0 Å². The molecule has 7 rings (SSSR count). The van der Waals surface area contributed by atoms with Crippen LogP contribution < -0.4 is 0 Å². The summed E-state index contributed by atoms with van der Waals surface area (Å²) in [5.41, 5.74) is 0. The Morgan fingerprint density at radius 2 is 0.705 bits per heavy atom. The molecule has 0 amide bonds. The van der Waals surface area contributed by atoms with Gasteiger partial charge in [-0.15, -0.1) is 0 Å². The van der Waals surface area contributed by atoms with Crippen molar-refractivity contribution in [3.05, 3.63) is 0 Å². The molecule has 37 heteroatoms. The van der Waals surface area contributed by atoms with Crippen LogP contribution in [0.3, 0.4) is 0 Å². The van der Waals surface area contributed by atoms with Gasteiger partial charge in [-0.3, -0.25) is 0 Å². The molecule has 0 aliphatic carbocycles. The van der Waals surface area contributed by atoms with E-state index in [9.17, 15) is 122 Å². The third-order valence-corrected chi connectivity index (χ3v) is 14.1. The van der Waals surface area contributed by atoms with Gasteiger partial charge in [-0.1, -0.05) is 0 Å². The van der Waals surface area contributed by atoms with E-state index in [0.717, 1.165) is 0 Å². The van der Waals surface area contributed by atoms with Crippen LogP contribution >= 0.6 is 0 Å². The van der Waals surface area contributed by atoms with Crippen molar-refractivity contribution in [1.29, 1.82) is 0 Å². The fourth-order valence-electron chi connectivity index (χ4n) is 9.62. The van der Waals surface area contributed by atoms with Gasteiger partial charge in [0.25, 0.3) is 0 Å². The van der Waals surface area contributed by atoms with Crippen LogP contribution in [0.4, 0.5) is 0 Å². The Hall–Kier alpha value is -2.38. The maximum absolute atomic E-state index is 12.4. The van der Waals surface area contributed by atoms with Crippen molar-refractivity contribution in [2.24, 2.45) is 0 Å². The van der Waals surface area contributed by atoms with Crippen LogP contribution in [-0.4, -0.2) is 366 Å². The summed E-state index contributed by atoms with van der Waals surface area (Å²) in [5.74, 6) is -3.83. The molecule has 0 aromatic carbocycles. The topological polar surface area (TPSA) is 599 Å². The summed E-state index contributed by atoms with van der Waals surface area (Å²) >= 11 is 0. The zero-order valence-corrected chi connectivity index (χ0v) is 40.1. The first-order valence-corrected chi connectivity index (χ1v) is 24.1. The van der Waals surface area contributed by atoms with Crippen molar-refractivity contribution in [2.45, 2.75) is 209 Å². The number of hydrogen-bond acceptors (Lipinski definition) is 35. The minimum absolute atomic E-state index is 0.728. The van der Waals surface area contributed by atoms with E-state index in [1.165, 1.54) is 0 Å². The molecule has 0 spiro atoms. The normalized spacial score (nSPS) is 52.4.